The number of carbonyl (C=O) groups is 1. The quantitative estimate of drug-likeness (QED) is 0.537. The number of hydrogen-bond acceptors (Lipinski definition) is 5. The van der Waals surface area contributed by atoms with E-state index in [-0.39, 0.29) is 30.2 Å². The summed E-state index contributed by atoms with van der Waals surface area (Å²) in [6.07, 6.45) is 0. The lowest BCUT2D eigenvalue weighted by Gasteiger charge is -2.18. The van der Waals surface area contributed by atoms with Crippen LogP contribution in [-0.2, 0) is 11.3 Å². The number of nitrogens with one attached hydrogen (secondary N) is 1. The molecule has 0 unspecified atom stereocenters. The lowest BCUT2D eigenvalue weighted by atomic mass is 10.2. The zero-order valence-corrected chi connectivity index (χ0v) is 15.0. The SMILES string of the molecule is CN(CC(=O)Nc1ccccc1OC(F)F)Cc1cc([N+](=O)[O-])ccc1Cl. The first-order valence-corrected chi connectivity index (χ1v) is 8.09. The van der Waals surface area contributed by atoms with E-state index in [1.165, 1.54) is 36.4 Å². The molecular weight excluding hydrogens is 384 g/mol. The highest BCUT2D eigenvalue weighted by atomic mass is 35.5. The van der Waals surface area contributed by atoms with E-state index in [1.807, 2.05) is 0 Å². The summed E-state index contributed by atoms with van der Waals surface area (Å²) >= 11 is 6.04. The third-order valence-corrected chi connectivity index (χ3v) is 3.84. The van der Waals surface area contributed by atoms with Crippen molar-refractivity contribution in [1.29, 1.82) is 0 Å². The van der Waals surface area contributed by atoms with Crippen LogP contribution in [0.1, 0.15) is 5.56 Å². The van der Waals surface area contributed by atoms with Gasteiger partial charge in [-0.1, -0.05) is 23.7 Å². The maximum absolute atomic E-state index is 12.4. The number of likely N-dealkylation sites (N-methyl/N-ethyl adjacent to an activating group) is 1. The van der Waals surface area contributed by atoms with Gasteiger partial charge in [-0.2, -0.15) is 8.78 Å². The van der Waals surface area contributed by atoms with E-state index in [0.29, 0.717) is 10.6 Å². The van der Waals surface area contributed by atoms with Crippen molar-refractivity contribution in [3.8, 4) is 5.75 Å². The number of alkyl halides is 2. The van der Waals surface area contributed by atoms with Gasteiger partial charge < -0.3 is 10.1 Å². The van der Waals surface area contributed by atoms with Crippen LogP contribution in [-0.4, -0.2) is 35.9 Å². The summed E-state index contributed by atoms with van der Waals surface area (Å²) in [7, 11) is 1.62. The molecule has 0 aliphatic carbocycles. The van der Waals surface area contributed by atoms with Crippen molar-refractivity contribution < 1.29 is 23.2 Å². The number of benzene rings is 2. The first-order valence-electron chi connectivity index (χ1n) is 7.71. The van der Waals surface area contributed by atoms with Gasteiger partial charge in [0, 0.05) is 23.7 Å². The second kappa shape index (κ2) is 9.24. The molecule has 1 amide bonds. The average molecular weight is 400 g/mol. The molecule has 0 radical (unpaired) electrons. The number of carbonyl (C=O) groups excluding carboxylic acids is 1. The summed E-state index contributed by atoms with van der Waals surface area (Å²) in [5, 5.41) is 13.7. The summed E-state index contributed by atoms with van der Waals surface area (Å²) in [6, 6.07) is 9.87. The molecule has 0 bridgehead atoms. The summed E-state index contributed by atoms with van der Waals surface area (Å²) in [5.74, 6) is -0.616. The lowest BCUT2D eigenvalue weighted by molar-refractivity contribution is -0.384. The minimum absolute atomic E-state index is 0.0952. The average Bonchev–Trinajstić information content (AvgIpc) is 2.57. The van der Waals surface area contributed by atoms with Crippen LogP contribution in [0, 0.1) is 10.1 Å². The first kappa shape index (κ1) is 20.5. The van der Waals surface area contributed by atoms with Gasteiger partial charge in [0.1, 0.15) is 5.75 Å². The number of nitro groups is 1. The second-order valence-corrected chi connectivity index (χ2v) is 6.04. The van der Waals surface area contributed by atoms with Crippen LogP contribution in [0.15, 0.2) is 42.5 Å². The molecule has 2 aromatic rings. The Hall–Kier alpha value is -2.78. The molecule has 1 N–H and O–H groups in total. The summed E-state index contributed by atoms with van der Waals surface area (Å²) in [6.45, 7) is -2.92. The van der Waals surface area contributed by atoms with Crippen molar-refractivity contribution in [1.82, 2.24) is 4.90 Å². The van der Waals surface area contributed by atoms with Crippen molar-refractivity contribution in [2.45, 2.75) is 13.2 Å². The number of amides is 1. The van der Waals surface area contributed by atoms with Gasteiger partial charge in [0.05, 0.1) is 17.2 Å². The van der Waals surface area contributed by atoms with E-state index in [2.05, 4.69) is 10.1 Å². The molecule has 0 fully saturated rings. The third-order valence-electron chi connectivity index (χ3n) is 3.47. The molecule has 0 aliphatic heterocycles. The highest BCUT2D eigenvalue weighted by molar-refractivity contribution is 6.31. The first-order chi connectivity index (χ1) is 12.8. The molecule has 0 atom stereocenters. The molecule has 0 aromatic heterocycles. The fourth-order valence-corrected chi connectivity index (χ4v) is 2.52. The van der Waals surface area contributed by atoms with Crippen molar-refractivity contribution in [2.75, 3.05) is 18.9 Å². The highest BCUT2D eigenvalue weighted by Crippen LogP contribution is 2.26. The largest absolute Gasteiger partial charge is 0.433 e. The molecule has 2 aromatic carbocycles. The molecule has 27 heavy (non-hydrogen) atoms. The van der Waals surface area contributed by atoms with Crippen molar-refractivity contribution in [2.24, 2.45) is 0 Å². The summed E-state index contributed by atoms with van der Waals surface area (Å²) in [5.41, 5.74) is 0.498. The molecule has 7 nitrogen and oxygen atoms in total. The number of rotatable bonds is 8. The van der Waals surface area contributed by atoms with Crippen LogP contribution < -0.4 is 10.1 Å². The fourth-order valence-electron chi connectivity index (χ4n) is 2.35. The number of para-hydroxylation sites is 2. The maximum Gasteiger partial charge on any atom is 0.387 e. The van der Waals surface area contributed by atoms with Crippen LogP contribution in [0.3, 0.4) is 0 Å². The monoisotopic (exact) mass is 399 g/mol. The topological polar surface area (TPSA) is 84.7 Å². The molecule has 0 saturated heterocycles. The lowest BCUT2D eigenvalue weighted by Crippen LogP contribution is -2.30. The Labute approximate surface area is 158 Å². The van der Waals surface area contributed by atoms with Crippen LogP contribution in [0.25, 0.3) is 0 Å². The van der Waals surface area contributed by atoms with Gasteiger partial charge in [0.15, 0.2) is 0 Å². The molecule has 0 heterocycles. The number of ether oxygens (including phenoxy) is 1. The van der Waals surface area contributed by atoms with Gasteiger partial charge in [-0.25, -0.2) is 0 Å². The smallest absolute Gasteiger partial charge is 0.387 e. The number of hydrogen-bond donors (Lipinski definition) is 1. The minimum atomic E-state index is -3.01. The van der Waals surface area contributed by atoms with Crippen LogP contribution in [0.4, 0.5) is 20.2 Å². The molecule has 2 rings (SSSR count). The Bertz CT molecular complexity index is 836. The van der Waals surface area contributed by atoms with Crippen molar-refractivity contribution in [3.63, 3.8) is 0 Å². The Morgan fingerprint density at radius 2 is 2.04 bits per heavy atom. The van der Waals surface area contributed by atoms with Gasteiger partial charge in [-0.3, -0.25) is 19.8 Å². The maximum atomic E-state index is 12.4. The molecule has 0 saturated carbocycles. The molecule has 0 spiro atoms. The molecular formula is C17H16ClF2N3O4. The zero-order valence-electron chi connectivity index (χ0n) is 14.2. The van der Waals surface area contributed by atoms with E-state index < -0.39 is 17.4 Å². The molecule has 10 heteroatoms. The van der Waals surface area contributed by atoms with E-state index in [0.717, 1.165) is 0 Å². The minimum Gasteiger partial charge on any atom is -0.433 e. The van der Waals surface area contributed by atoms with Gasteiger partial charge in [0.2, 0.25) is 5.91 Å². The van der Waals surface area contributed by atoms with E-state index >= 15 is 0 Å². The summed E-state index contributed by atoms with van der Waals surface area (Å²) < 4.78 is 29.2. The van der Waals surface area contributed by atoms with Crippen LogP contribution in [0.2, 0.25) is 5.02 Å². The predicted octanol–water partition coefficient (Wildman–Crippen LogP) is 3.92. The standard InChI is InChI=1S/C17H16ClF2N3O4/c1-22(9-11-8-12(23(25)26)6-7-13(11)18)10-16(24)21-14-4-2-3-5-15(14)27-17(19)20/h2-8,17H,9-10H2,1H3,(H,21,24). The van der Waals surface area contributed by atoms with Gasteiger partial charge in [-0.15, -0.1) is 0 Å². The highest BCUT2D eigenvalue weighted by Gasteiger charge is 2.15. The fraction of sp³-hybridized carbons (Fsp3) is 0.235. The third kappa shape index (κ3) is 6.15. The van der Waals surface area contributed by atoms with Crippen molar-refractivity contribution in [3.05, 3.63) is 63.2 Å². The predicted molar refractivity (Wildman–Crippen MR) is 96.1 cm³/mol. The summed E-state index contributed by atoms with van der Waals surface area (Å²) in [4.78, 5) is 24.1. The molecule has 144 valence electrons. The Morgan fingerprint density at radius 3 is 2.70 bits per heavy atom. The van der Waals surface area contributed by atoms with E-state index in [4.69, 9.17) is 11.6 Å². The van der Waals surface area contributed by atoms with E-state index in [1.54, 1.807) is 18.0 Å². The number of nitro benzene ring substituents is 1. The van der Waals surface area contributed by atoms with Crippen molar-refractivity contribution >= 4 is 28.9 Å². The van der Waals surface area contributed by atoms with E-state index in [9.17, 15) is 23.7 Å². The Kier molecular flexibility index (Phi) is 7.03. The number of halogens is 3. The number of anilines is 1. The van der Waals surface area contributed by atoms with Crippen LogP contribution in [0.5, 0.6) is 5.75 Å². The number of non-ortho nitro benzene ring substituents is 1. The second-order valence-electron chi connectivity index (χ2n) is 5.63. The Balaban J connectivity index is 2.01. The normalized spacial score (nSPS) is 10.9. The zero-order chi connectivity index (χ0) is 20.0. The van der Waals surface area contributed by atoms with Gasteiger partial charge in [-0.05, 0) is 30.8 Å². The van der Waals surface area contributed by atoms with Gasteiger partial charge in [0.25, 0.3) is 5.69 Å². The van der Waals surface area contributed by atoms with Gasteiger partial charge >= 0.3 is 6.61 Å². The Morgan fingerprint density at radius 1 is 1.33 bits per heavy atom. The van der Waals surface area contributed by atoms with Crippen LogP contribution >= 0.6 is 11.6 Å². The number of nitrogens with zero attached hydrogens (tertiary/aromatic N) is 2. The molecule has 0 aliphatic rings.